The summed E-state index contributed by atoms with van der Waals surface area (Å²) in [5, 5.41) is 0. The van der Waals surface area contributed by atoms with Crippen LogP contribution in [0.4, 0.5) is 18.0 Å². The largest absolute Gasteiger partial charge is 0.445 e. The van der Waals surface area contributed by atoms with Gasteiger partial charge in [-0.2, -0.15) is 13.2 Å². The van der Waals surface area contributed by atoms with Crippen molar-refractivity contribution in [2.45, 2.75) is 57.3 Å². The standard InChI is InChI=1S/C19H24F3NO2/c20-19(21,22)17-13-9-4-2-1-3-5-10-14-23(17)18(24)25-15-16-11-7-6-8-12-16/h4,6-9,11-12,17H,1-3,5,10,13-15H2/b9-4-. The van der Waals surface area contributed by atoms with Crippen LogP contribution >= 0.6 is 0 Å². The van der Waals surface area contributed by atoms with E-state index < -0.39 is 18.3 Å². The number of nitrogens with zero attached hydrogens (tertiary/aromatic N) is 1. The second-order valence-electron chi connectivity index (χ2n) is 6.20. The van der Waals surface area contributed by atoms with Crippen LogP contribution in [-0.2, 0) is 11.3 Å². The molecule has 6 heteroatoms. The minimum Gasteiger partial charge on any atom is -0.445 e. The lowest BCUT2D eigenvalue weighted by atomic mass is 10.1. The molecule has 1 aromatic rings. The van der Waals surface area contributed by atoms with Crippen LogP contribution in [-0.4, -0.2) is 29.8 Å². The normalized spacial score (nSPS) is 21.2. The van der Waals surface area contributed by atoms with Gasteiger partial charge in [0.1, 0.15) is 12.6 Å². The Morgan fingerprint density at radius 1 is 1.08 bits per heavy atom. The molecule has 1 aliphatic rings. The Morgan fingerprint density at radius 3 is 2.52 bits per heavy atom. The van der Waals surface area contributed by atoms with Gasteiger partial charge in [0.2, 0.25) is 0 Å². The predicted octanol–water partition coefficient (Wildman–Crippen LogP) is 5.47. The summed E-state index contributed by atoms with van der Waals surface area (Å²) in [6.45, 7) is 0.0300. The molecule has 3 nitrogen and oxygen atoms in total. The summed E-state index contributed by atoms with van der Waals surface area (Å²) >= 11 is 0. The fourth-order valence-electron chi connectivity index (χ4n) is 2.86. The van der Waals surface area contributed by atoms with Gasteiger partial charge in [-0.25, -0.2) is 4.79 Å². The van der Waals surface area contributed by atoms with E-state index in [2.05, 4.69) is 0 Å². The average molecular weight is 355 g/mol. The second kappa shape index (κ2) is 9.49. The lowest BCUT2D eigenvalue weighted by Gasteiger charge is -2.32. The van der Waals surface area contributed by atoms with Crippen molar-refractivity contribution in [2.75, 3.05) is 6.54 Å². The Bertz CT molecular complexity index is 558. The number of rotatable bonds is 2. The summed E-state index contributed by atoms with van der Waals surface area (Å²) < 4.78 is 45.6. The van der Waals surface area contributed by atoms with Gasteiger partial charge in [-0.3, -0.25) is 4.90 Å². The molecule has 0 radical (unpaired) electrons. The van der Waals surface area contributed by atoms with Gasteiger partial charge in [0.25, 0.3) is 0 Å². The lowest BCUT2D eigenvalue weighted by molar-refractivity contribution is -0.178. The molecule has 0 N–H and O–H groups in total. The van der Waals surface area contributed by atoms with Gasteiger partial charge in [-0.15, -0.1) is 0 Å². The number of amides is 1. The lowest BCUT2D eigenvalue weighted by Crippen LogP contribution is -2.49. The number of ether oxygens (including phenoxy) is 1. The summed E-state index contributed by atoms with van der Waals surface area (Å²) in [5.41, 5.74) is 0.747. The van der Waals surface area contributed by atoms with Crippen molar-refractivity contribution in [1.29, 1.82) is 0 Å². The highest BCUT2D eigenvalue weighted by Gasteiger charge is 2.45. The third kappa shape index (κ3) is 6.44. The molecule has 0 saturated carbocycles. The number of halogens is 3. The van der Waals surface area contributed by atoms with Crippen LogP contribution in [0.15, 0.2) is 42.5 Å². The molecule has 2 rings (SSSR count). The van der Waals surface area contributed by atoms with Crippen LogP contribution in [0.5, 0.6) is 0 Å². The molecule has 0 fully saturated rings. The number of hydrogen-bond donors (Lipinski definition) is 0. The van der Waals surface area contributed by atoms with E-state index in [1.807, 2.05) is 6.07 Å². The summed E-state index contributed by atoms with van der Waals surface area (Å²) in [6, 6.07) is 7.10. The molecule has 25 heavy (non-hydrogen) atoms. The number of benzene rings is 1. The van der Waals surface area contributed by atoms with Gasteiger partial charge in [0, 0.05) is 6.54 Å². The molecular weight excluding hydrogens is 331 g/mol. The molecule has 1 atom stereocenters. The number of allylic oxidation sites excluding steroid dienone is 1. The zero-order valence-electron chi connectivity index (χ0n) is 14.2. The quantitative estimate of drug-likeness (QED) is 0.659. The minimum atomic E-state index is -4.48. The van der Waals surface area contributed by atoms with E-state index in [-0.39, 0.29) is 19.6 Å². The molecule has 0 saturated heterocycles. The summed E-state index contributed by atoms with van der Waals surface area (Å²) in [4.78, 5) is 13.2. The molecule has 1 aromatic carbocycles. The molecule has 0 aliphatic carbocycles. The van der Waals surface area contributed by atoms with Crippen molar-refractivity contribution in [3.8, 4) is 0 Å². The fourth-order valence-corrected chi connectivity index (χ4v) is 2.86. The van der Waals surface area contributed by atoms with E-state index in [9.17, 15) is 18.0 Å². The minimum absolute atomic E-state index is 0.0312. The van der Waals surface area contributed by atoms with Crippen LogP contribution in [0.3, 0.4) is 0 Å². The van der Waals surface area contributed by atoms with Gasteiger partial charge in [0.15, 0.2) is 0 Å². The highest BCUT2D eigenvalue weighted by Crippen LogP contribution is 2.29. The number of hydrogen-bond acceptors (Lipinski definition) is 2. The highest BCUT2D eigenvalue weighted by atomic mass is 19.4. The molecule has 1 amide bonds. The van der Waals surface area contributed by atoms with Crippen LogP contribution in [0.2, 0.25) is 0 Å². The monoisotopic (exact) mass is 355 g/mol. The van der Waals surface area contributed by atoms with Crippen LogP contribution in [0.25, 0.3) is 0 Å². The average Bonchev–Trinajstić information content (AvgIpc) is 2.64. The first kappa shape index (κ1) is 19.3. The van der Waals surface area contributed by atoms with E-state index in [1.54, 1.807) is 30.3 Å². The van der Waals surface area contributed by atoms with Gasteiger partial charge < -0.3 is 4.74 Å². The van der Waals surface area contributed by atoms with Crippen molar-refractivity contribution in [3.63, 3.8) is 0 Å². The molecule has 1 heterocycles. The predicted molar refractivity (Wildman–Crippen MR) is 90.0 cm³/mol. The van der Waals surface area contributed by atoms with Crippen molar-refractivity contribution in [3.05, 3.63) is 48.0 Å². The van der Waals surface area contributed by atoms with Gasteiger partial charge in [-0.05, 0) is 31.2 Å². The van der Waals surface area contributed by atoms with E-state index in [0.717, 1.165) is 36.1 Å². The Balaban J connectivity index is 2.09. The first-order chi connectivity index (χ1) is 12.0. The summed E-state index contributed by atoms with van der Waals surface area (Å²) in [6.07, 6.45) is 1.74. The van der Waals surface area contributed by atoms with E-state index in [4.69, 9.17) is 4.74 Å². The molecular formula is C19H24F3NO2. The highest BCUT2D eigenvalue weighted by molar-refractivity contribution is 5.68. The van der Waals surface area contributed by atoms with Crippen molar-refractivity contribution >= 4 is 6.09 Å². The molecule has 0 bridgehead atoms. The third-order valence-electron chi connectivity index (χ3n) is 4.24. The first-order valence-corrected chi connectivity index (χ1v) is 8.67. The number of carbonyl (C=O) groups excluding carboxylic acids is 1. The van der Waals surface area contributed by atoms with E-state index >= 15 is 0 Å². The SMILES string of the molecule is O=C(OCc1ccccc1)N1CCCCCC/C=C\CC1C(F)(F)F. The number of alkyl halides is 3. The Morgan fingerprint density at radius 2 is 1.80 bits per heavy atom. The van der Waals surface area contributed by atoms with Crippen molar-refractivity contribution in [1.82, 2.24) is 4.90 Å². The maximum atomic E-state index is 13.5. The summed E-state index contributed by atoms with van der Waals surface area (Å²) in [5.74, 6) is 0. The molecule has 0 aromatic heterocycles. The Hall–Kier alpha value is -1.98. The van der Waals surface area contributed by atoms with E-state index in [1.165, 1.54) is 6.08 Å². The van der Waals surface area contributed by atoms with Crippen LogP contribution in [0, 0.1) is 0 Å². The topological polar surface area (TPSA) is 29.5 Å². The molecule has 1 aliphatic heterocycles. The molecule has 1 unspecified atom stereocenters. The van der Waals surface area contributed by atoms with Gasteiger partial charge in [0.05, 0.1) is 0 Å². The first-order valence-electron chi connectivity index (χ1n) is 8.67. The fraction of sp³-hybridized carbons (Fsp3) is 0.526. The summed E-state index contributed by atoms with van der Waals surface area (Å²) in [7, 11) is 0. The zero-order valence-corrected chi connectivity index (χ0v) is 14.2. The second-order valence-corrected chi connectivity index (χ2v) is 6.20. The van der Waals surface area contributed by atoms with Gasteiger partial charge in [-0.1, -0.05) is 55.3 Å². The molecule has 138 valence electrons. The number of carbonyl (C=O) groups is 1. The Labute approximate surface area is 146 Å². The smallest absolute Gasteiger partial charge is 0.410 e. The Kier molecular flexibility index (Phi) is 7.34. The van der Waals surface area contributed by atoms with Gasteiger partial charge >= 0.3 is 12.3 Å². The van der Waals surface area contributed by atoms with Crippen molar-refractivity contribution < 1.29 is 22.7 Å². The van der Waals surface area contributed by atoms with Crippen LogP contribution < -0.4 is 0 Å². The zero-order chi connectivity index (χ0) is 18.1. The van der Waals surface area contributed by atoms with Crippen molar-refractivity contribution in [2.24, 2.45) is 0 Å². The molecule has 0 spiro atoms. The third-order valence-corrected chi connectivity index (χ3v) is 4.24. The van der Waals surface area contributed by atoms with E-state index in [0.29, 0.717) is 6.42 Å². The maximum absolute atomic E-state index is 13.5. The maximum Gasteiger partial charge on any atom is 0.410 e. The van der Waals surface area contributed by atoms with Crippen LogP contribution in [0.1, 0.15) is 44.1 Å².